The number of para-hydroxylation sites is 1. The third-order valence-electron chi connectivity index (χ3n) is 4.12. The zero-order chi connectivity index (χ0) is 14.7. The lowest BCUT2D eigenvalue weighted by Crippen LogP contribution is -2.20. The Morgan fingerprint density at radius 2 is 1.86 bits per heavy atom. The number of hydrogen-bond donors (Lipinski definition) is 2. The van der Waals surface area contributed by atoms with Gasteiger partial charge in [-0.1, -0.05) is 18.2 Å². The lowest BCUT2D eigenvalue weighted by Gasteiger charge is -2.22. The number of phenolic OH excluding ortho intramolecular Hbond substituents is 1. The first kappa shape index (κ1) is 13.8. The standard InChI is InChI=1S/C18H22N2O/c1-14-12-16(21)8-9-17(14)19-13-15-6-2-3-7-18(15)20-10-4-5-11-20/h2-3,6-9,12,19,21H,4-5,10-11,13H2,1H3. The first-order valence-electron chi connectivity index (χ1n) is 7.60. The molecule has 0 aromatic heterocycles. The van der Waals surface area contributed by atoms with Gasteiger partial charge in [0.25, 0.3) is 0 Å². The van der Waals surface area contributed by atoms with Crippen LogP contribution in [0.3, 0.4) is 0 Å². The monoisotopic (exact) mass is 282 g/mol. The Hall–Kier alpha value is -2.16. The maximum Gasteiger partial charge on any atom is 0.115 e. The van der Waals surface area contributed by atoms with Gasteiger partial charge in [0.2, 0.25) is 0 Å². The summed E-state index contributed by atoms with van der Waals surface area (Å²) in [5.41, 5.74) is 4.81. The van der Waals surface area contributed by atoms with Gasteiger partial charge in [-0.25, -0.2) is 0 Å². The topological polar surface area (TPSA) is 35.5 Å². The minimum absolute atomic E-state index is 0.315. The van der Waals surface area contributed by atoms with Gasteiger partial charge >= 0.3 is 0 Å². The van der Waals surface area contributed by atoms with E-state index in [-0.39, 0.29) is 0 Å². The molecule has 110 valence electrons. The van der Waals surface area contributed by atoms with Crippen LogP contribution in [0.1, 0.15) is 24.0 Å². The second-order valence-corrected chi connectivity index (χ2v) is 5.68. The van der Waals surface area contributed by atoms with E-state index in [0.29, 0.717) is 5.75 Å². The lowest BCUT2D eigenvalue weighted by atomic mass is 10.1. The quantitative estimate of drug-likeness (QED) is 0.835. The molecule has 0 unspecified atom stereocenters. The number of nitrogens with one attached hydrogen (secondary N) is 1. The van der Waals surface area contributed by atoms with Gasteiger partial charge in [-0.15, -0.1) is 0 Å². The van der Waals surface area contributed by atoms with Crippen LogP contribution in [0.25, 0.3) is 0 Å². The van der Waals surface area contributed by atoms with Gasteiger partial charge < -0.3 is 15.3 Å². The fourth-order valence-corrected chi connectivity index (χ4v) is 2.96. The molecule has 1 aliphatic heterocycles. The minimum atomic E-state index is 0.315. The van der Waals surface area contributed by atoms with Crippen LogP contribution in [0, 0.1) is 6.92 Å². The minimum Gasteiger partial charge on any atom is -0.508 e. The molecule has 0 atom stereocenters. The second kappa shape index (κ2) is 6.08. The zero-order valence-electron chi connectivity index (χ0n) is 12.5. The highest BCUT2D eigenvalue weighted by Crippen LogP contribution is 2.26. The summed E-state index contributed by atoms with van der Waals surface area (Å²) in [5.74, 6) is 0.315. The van der Waals surface area contributed by atoms with Crippen LogP contribution in [-0.2, 0) is 6.54 Å². The molecule has 2 aromatic carbocycles. The molecular weight excluding hydrogens is 260 g/mol. The summed E-state index contributed by atoms with van der Waals surface area (Å²) in [6.45, 7) is 5.14. The Kier molecular flexibility index (Phi) is 4.00. The number of aryl methyl sites for hydroxylation is 1. The first-order valence-corrected chi connectivity index (χ1v) is 7.60. The van der Waals surface area contributed by atoms with E-state index in [0.717, 1.165) is 30.9 Å². The summed E-state index contributed by atoms with van der Waals surface area (Å²) >= 11 is 0. The fourth-order valence-electron chi connectivity index (χ4n) is 2.96. The summed E-state index contributed by atoms with van der Waals surface area (Å²) in [4.78, 5) is 2.47. The van der Waals surface area contributed by atoms with E-state index in [9.17, 15) is 5.11 Å². The predicted molar refractivity (Wildman–Crippen MR) is 88.1 cm³/mol. The van der Waals surface area contributed by atoms with Crippen LogP contribution in [0.2, 0.25) is 0 Å². The molecule has 21 heavy (non-hydrogen) atoms. The van der Waals surface area contributed by atoms with Gasteiger partial charge in [0.1, 0.15) is 5.75 Å². The lowest BCUT2D eigenvalue weighted by molar-refractivity contribution is 0.475. The van der Waals surface area contributed by atoms with Crippen LogP contribution in [-0.4, -0.2) is 18.2 Å². The Morgan fingerprint density at radius 3 is 2.62 bits per heavy atom. The molecule has 0 spiro atoms. The summed E-state index contributed by atoms with van der Waals surface area (Å²) in [5, 5.41) is 13.0. The molecule has 1 aliphatic rings. The molecule has 0 amide bonds. The van der Waals surface area contributed by atoms with Crippen molar-refractivity contribution in [1.82, 2.24) is 0 Å². The van der Waals surface area contributed by atoms with Gasteiger partial charge in [0, 0.05) is 31.0 Å². The molecule has 0 bridgehead atoms. The maximum atomic E-state index is 9.48. The molecule has 2 aromatic rings. The van der Waals surface area contributed by atoms with Crippen molar-refractivity contribution in [3.05, 3.63) is 53.6 Å². The van der Waals surface area contributed by atoms with Crippen LogP contribution in [0.4, 0.5) is 11.4 Å². The Labute approximate surface area is 126 Å². The number of nitrogens with zero attached hydrogens (tertiary/aromatic N) is 1. The van der Waals surface area contributed by atoms with Crippen molar-refractivity contribution in [2.24, 2.45) is 0 Å². The molecule has 3 rings (SSSR count). The van der Waals surface area contributed by atoms with Crippen LogP contribution >= 0.6 is 0 Å². The van der Waals surface area contributed by atoms with Crippen LogP contribution in [0.15, 0.2) is 42.5 Å². The fraction of sp³-hybridized carbons (Fsp3) is 0.333. The molecule has 3 nitrogen and oxygen atoms in total. The average molecular weight is 282 g/mol. The third kappa shape index (κ3) is 3.13. The smallest absolute Gasteiger partial charge is 0.115 e. The number of aromatic hydroxyl groups is 1. The zero-order valence-corrected chi connectivity index (χ0v) is 12.5. The predicted octanol–water partition coefficient (Wildman–Crippen LogP) is 3.91. The molecule has 0 aliphatic carbocycles. The summed E-state index contributed by atoms with van der Waals surface area (Å²) in [6.07, 6.45) is 2.58. The largest absolute Gasteiger partial charge is 0.508 e. The second-order valence-electron chi connectivity index (χ2n) is 5.68. The summed E-state index contributed by atoms with van der Waals surface area (Å²) < 4.78 is 0. The van der Waals surface area contributed by atoms with Crippen molar-refractivity contribution in [3.63, 3.8) is 0 Å². The first-order chi connectivity index (χ1) is 10.2. The Morgan fingerprint density at radius 1 is 1.10 bits per heavy atom. The highest BCUT2D eigenvalue weighted by atomic mass is 16.3. The van der Waals surface area contributed by atoms with Gasteiger partial charge in [-0.05, 0) is 55.2 Å². The van der Waals surface area contributed by atoms with Gasteiger partial charge in [-0.3, -0.25) is 0 Å². The number of hydrogen-bond acceptors (Lipinski definition) is 3. The van der Waals surface area contributed by atoms with Gasteiger partial charge in [0.05, 0.1) is 0 Å². The highest BCUT2D eigenvalue weighted by Gasteiger charge is 2.15. The maximum absolute atomic E-state index is 9.48. The van der Waals surface area contributed by atoms with Gasteiger partial charge in [0.15, 0.2) is 0 Å². The van der Waals surface area contributed by atoms with E-state index in [2.05, 4.69) is 34.5 Å². The van der Waals surface area contributed by atoms with Crippen molar-refractivity contribution < 1.29 is 5.11 Å². The molecule has 1 saturated heterocycles. The van der Waals surface area contributed by atoms with Gasteiger partial charge in [-0.2, -0.15) is 0 Å². The van der Waals surface area contributed by atoms with Crippen molar-refractivity contribution in [2.45, 2.75) is 26.3 Å². The van der Waals surface area contributed by atoms with Crippen molar-refractivity contribution in [2.75, 3.05) is 23.3 Å². The molecule has 3 heteroatoms. The number of benzene rings is 2. The SMILES string of the molecule is Cc1cc(O)ccc1NCc1ccccc1N1CCCC1. The van der Waals surface area contributed by atoms with E-state index < -0.39 is 0 Å². The van der Waals surface area contributed by atoms with E-state index in [1.54, 1.807) is 12.1 Å². The number of phenols is 1. The summed E-state index contributed by atoms with van der Waals surface area (Å²) in [7, 11) is 0. The number of anilines is 2. The normalized spacial score (nSPS) is 14.4. The van der Waals surface area contributed by atoms with Crippen LogP contribution in [0.5, 0.6) is 5.75 Å². The molecule has 1 heterocycles. The third-order valence-corrected chi connectivity index (χ3v) is 4.12. The molecule has 0 radical (unpaired) electrons. The van der Waals surface area contributed by atoms with Crippen molar-refractivity contribution in [1.29, 1.82) is 0 Å². The van der Waals surface area contributed by atoms with E-state index >= 15 is 0 Å². The molecule has 1 fully saturated rings. The average Bonchev–Trinajstić information content (AvgIpc) is 3.01. The van der Waals surface area contributed by atoms with Crippen LogP contribution < -0.4 is 10.2 Å². The van der Waals surface area contributed by atoms with E-state index in [1.807, 2.05) is 13.0 Å². The van der Waals surface area contributed by atoms with E-state index in [1.165, 1.54) is 24.1 Å². The Balaban J connectivity index is 1.75. The Bertz CT molecular complexity index is 618. The summed E-state index contributed by atoms with van der Waals surface area (Å²) in [6, 6.07) is 14.1. The van der Waals surface area contributed by atoms with Crippen molar-refractivity contribution in [3.8, 4) is 5.75 Å². The molecular formula is C18H22N2O. The molecule has 0 saturated carbocycles. The number of rotatable bonds is 4. The van der Waals surface area contributed by atoms with E-state index in [4.69, 9.17) is 0 Å². The highest BCUT2D eigenvalue weighted by molar-refractivity contribution is 5.58. The van der Waals surface area contributed by atoms with Crippen molar-refractivity contribution >= 4 is 11.4 Å². The molecule has 2 N–H and O–H groups in total.